The van der Waals surface area contributed by atoms with Crippen LogP contribution in [0.5, 0.6) is 0 Å². The number of benzene rings is 6. The van der Waals surface area contributed by atoms with Crippen LogP contribution in [0.1, 0.15) is 22.3 Å². The average molecular weight is 753 g/mol. The fourth-order valence-corrected chi connectivity index (χ4v) is 10.7. The van der Waals surface area contributed by atoms with Gasteiger partial charge in [0, 0.05) is 0 Å². The third-order valence-corrected chi connectivity index (χ3v) is 12.9. The second-order valence-corrected chi connectivity index (χ2v) is 17.5. The van der Waals surface area contributed by atoms with E-state index < -0.39 is 15.8 Å². The van der Waals surface area contributed by atoms with Gasteiger partial charge in [-0.25, -0.2) is 0 Å². The van der Waals surface area contributed by atoms with Crippen molar-refractivity contribution in [2.45, 2.75) is 27.7 Å². The van der Waals surface area contributed by atoms with E-state index in [-0.39, 0.29) is 15.1 Å². The molecule has 0 fully saturated rings. The summed E-state index contributed by atoms with van der Waals surface area (Å²) < 4.78 is 0. The van der Waals surface area contributed by atoms with E-state index in [1.807, 2.05) is 0 Å². The summed E-state index contributed by atoms with van der Waals surface area (Å²) in [5, 5.41) is 8.63. The van der Waals surface area contributed by atoms with Crippen LogP contribution < -0.4 is 31.8 Å². The first-order valence-electron chi connectivity index (χ1n) is 14.7. The van der Waals surface area contributed by atoms with E-state index >= 15 is 0 Å². The van der Waals surface area contributed by atoms with Crippen LogP contribution in [0.2, 0.25) is 0 Å². The minimum atomic E-state index is -0.488. The predicted octanol–water partition coefficient (Wildman–Crippen LogP) is 9.50. The number of hydrogen-bond acceptors (Lipinski definition) is 0. The topological polar surface area (TPSA) is 0 Å². The van der Waals surface area contributed by atoms with Crippen molar-refractivity contribution in [2.24, 2.45) is 0 Å². The van der Waals surface area contributed by atoms with Gasteiger partial charge >= 0.3 is 34.5 Å². The molecule has 0 saturated carbocycles. The minimum absolute atomic E-state index is 0.346. The molecule has 0 aromatic heterocycles. The molecule has 0 aliphatic heterocycles. The SMILES string of the molecule is Cc1cccc(C)c1P(c1ccccc1)c1ccccc1.Cc1cccc(C)c1P(c1ccccc1)c1ccccc1.[Cl][Ru][Cl]. The van der Waals surface area contributed by atoms with Crippen molar-refractivity contribution >= 4 is 67.1 Å². The van der Waals surface area contributed by atoms with Crippen molar-refractivity contribution in [3.8, 4) is 0 Å². The van der Waals surface area contributed by atoms with E-state index in [9.17, 15) is 0 Å². The Kier molecular flexibility index (Phi) is 14.5. The third kappa shape index (κ3) is 9.69. The number of hydrogen-bond donors (Lipinski definition) is 0. The number of rotatable bonds is 6. The Hall–Kier alpha value is -2.62. The predicted molar refractivity (Wildman–Crippen MR) is 201 cm³/mol. The second-order valence-electron chi connectivity index (χ2n) is 10.5. The zero-order chi connectivity index (χ0) is 32.0. The Labute approximate surface area is 288 Å². The van der Waals surface area contributed by atoms with Crippen molar-refractivity contribution < 1.29 is 15.1 Å². The molecule has 0 spiro atoms. The monoisotopic (exact) mass is 752 g/mol. The Morgan fingerprint density at radius 1 is 0.333 bits per heavy atom. The van der Waals surface area contributed by atoms with Gasteiger partial charge in [0.15, 0.2) is 0 Å². The molecular formula is C40H38Cl2P2Ru. The maximum absolute atomic E-state index is 4.85. The van der Waals surface area contributed by atoms with E-state index in [4.69, 9.17) is 19.4 Å². The van der Waals surface area contributed by atoms with Crippen LogP contribution in [-0.4, -0.2) is 0 Å². The summed E-state index contributed by atoms with van der Waals surface area (Å²) in [5.41, 5.74) is 5.53. The van der Waals surface area contributed by atoms with E-state index in [1.54, 1.807) is 0 Å². The molecule has 0 amide bonds. The van der Waals surface area contributed by atoms with E-state index in [0.717, 1.165) is 0 Å². The zero-order valence-corrected chi connectivity index (χ0v) is 31.1. The Balaban J connectivity index is 0.000000189. The van der Waals surface area contributed by atoms with Gasteiger partial charge in [-0.1, -0.05) is 158 Å². The van der Waals surface area contributed by atoms with Gasteiger partial charge in [-0.15, -0.1) is 0 Å². The molecule has 0 aliphatic rings. The summed E-state index contributed by atoms with van der Waals surface area (Å²) in [6.07, 6.45) is 0. The summed E-state index contributed by atoms with van der Waals surface area (Å²) in [4.78, 5) is 0. The van der Waals surface area contributed by atoms with Gasteiger partial charge < -0.3 is 0 Å². The molecule has 6 rings (SSSR count). The Morgan fingerprint density at radius 3 is 0.733 bits per heavy atom. The quantitative estimate of drug-likeness (QED) is 0.118. The number of aryl methyl sites for hydroxylation is 4. The van der Waals surface area contributed by atoms with Gasteiger partial charge in [-0.05, 0) is 97.6 Å². The molecule has 0 unspecified atom stereocenters. The molecule has 0 heterocycles. The van der Waals surface area contributed by atoms with Crippen molar-refractivity contribution in [1.29, 1.82) is 0 Å². The van der Waals surface area contributed by atoms with Crippen LogP contribution >= 0.6 is 35.2 Å². The first kappa shape index (κ1) is 35.2. The summed E-state index contributed by atoms with van der Waals surface area (Å²) in [5.74, 6) is 0. The van der Waals surface area contributed by atoms with Crippen LogP contribution in [-0.2, 0) is 15.1 Å². The summed E-state index contributed by atoms with van der Waals surface area (Å²) in [6.45, 7) is 8.90. The molecule has 0 radical (unpaired) electrons. The van der Waals surface area contributed by atoms with Crippen molar-refractivity contribution in [3.63, 3.8) is 0 Å². The van der Waals surface area contributed by atoms with Gasteiger partial charge in [-0.2, -0.15) is 0 Å². The molecule has 6 aromatic rings. The molecule has 230 valence electrons. The normalized spacial score (nSPS) is 10.6. The van der Waals surface area contributed by atoms with Crippen LogP contribution in [0.25, 0.3) is 0 Å². The molecule has 0 atom stereocenters. The van der Waals surface area contributed by atoms with Crippen LogP contribution in [0.4, 0.5) is 0 Å². The molecule has 0 aliphatic carbocycles. The summed E-state index contributed by atoms with van der Waals surface area (Å²) in [7, 11) is 8.73. The molecular weight excluding hydrogens is 714 g/mol. The molecule has 5 heteroatoms. The van der Waals surface area contributed by atoms with Crippen molar-refractivity contribution in [2.75, 3.05) is 0 Å². The summed E-state index contributed by atoms with van der Waals surface area (Å²) in [6, 6.07) is 56.7. The van der Waals surface area contributed by atoms with Gasteiger partial charge in [0.2, 0.25) is 0 Å². The fourth-order valence-electron chi connectivity index (χ4n) is 5.44. The first-order chi connectivity index (χ1) is 22.0. The fraction of sp³-hybridized carbons (Fsp3) is 0.100. The van der Waals surface area contributed by atoms with Gasteiger partial charge in [0.1, 0.15) is 0 Å². The van der Waals surface area contributed by atoms with Gasteiger partial charge in [-0.3, -0.25) is 0 Å². The van der Waals surface area contributed by atoms with Crippen LogP contribution in [0.15, 0.2) is 158 Å². The number of halogens is 2. The van der Waals surface area contributed by atoms with E-state index in [0.29, 0.717) is 0 Å². The average Bonchev–Trinajstić information content (AvgIpc) is 3.07. The Morgan fingerprint density at radius 2 is 0.533 bits per heavy atom. The van der Waals surface area contributed by atoms with E-state index in [2.05, 4.69) is 185 Å². The second kappa shape index (κ2) is 18.5. The molecule has 6 aromatic carbocycles. The molecule has 45 heavy (non-hydrogen) atoms. The molecule has 0 bridgehead atoms. The maximum atomic E-state index is 4.85. The van der Waals surface area contributed by atoms with Crippen molar-refractivity contribution in [1.82, 2.24) is 0 Å². The molecule has 0 nitrogen and oxygen atoms in total. The zero-order valence-electron chi connectivity index (χ0n) is 26.0. The molecule has 0 N–H and O–H groups in total. The van der Waals surface area contributed by atoms with Gasteiger partial charge in [0.05, 0.1) is 0 Å². The van der Waals surface area contributed by atoms with Gasteiger partial charge in [0.25, 0.3) is 0 Å². The van der Waals surface area contributed by atoms with Crippen LogP contribution in [0, 0.1) is 27.7 Å². The summed E-state index contributed by atoms with van der Waals surface area (Å²) >= 11 is -0.346. The van der Waals surface area contributed by atoms with Crippen LogP contribution in [0.3, 0.4) is 0 Å². The van der Waals surface area contributed by atoms with E-state index in [1.165, 1.54) is 54.1 Å². The first-order valence-corrected chi connectivity index (χ1v) is 21.9. The van der Waals surface area contributed by atoms with Crippen molar-refractivity contribution in [3.05, 3.63) is 180 Å². The standard InChI is InChI=1S/2C20H19P.2ClH.Ru/c2*1-16-10-9-11-17(2)20(16)21(18-12-5-3-6-13-18)19-14-7-4-8-15-19;;;/h2*3-15H,1-2H3;2*1H;/q;;;;+2/p-2. The molecule has 0 saturated heterocycles. The third-order valence-electron chi connectivity index (χ3n) is 7.38. The Bertz CT molecular complexity index is 1480.